The highest BCUT2D eigenvalue weighted by Gasteiger charge is 2.62. The molecule has 1 N–H and O–H groups in total. The Bertz CT molecular complexity index is 887. The second-order valence-electron chi connectivity index (χ2n) is 9.10. The number of halogens is 1. The van der Waals surface area contributed by atoms with Crippen molar-refractivity contribution in [2.75, 3.05) is 4.90 Å². The number of hydrogen-bond donors (Lipinski definition) is 1. The van der Waals surface area contributed by atoms with E-state index < -0.39 is 54.4 Å². The van der Waals surface area contributed by atoms with Crippen molar-refractivity contribution in [3.05, 3.63) is 29.3 Å². The van der Waals surface area contributed by atoms with Crippen LogP contribution in [0.25, 0.3) is 0 Å². The quantitative estimate of drug-likeness (QED) is 0.736. The number of fused-ring (bicyclic) bond motifs is 3. The fraction of sp³-hybridized carbons (Fsp3) is 0.619. The molecule has 3 amide bonds. The van der Waals surface area contributed by atoms with Crippen molar-refractivity contribution in [1.82, 2.24) is 5.32 Å². The summed E-state index contributed by atoms with van der Waals surface area (Å²) in [5, 5.41) is 3.42. The van der Waals surface area contributed by atoms with Gasteiger partial charge in [-0.2, -0.15) is 0 Å². The topological polar surface area (TPSA) is 95.6 Å². The molecule has 4 heterocycles. The van der Waals surface area contributed by atoms with Gasteiger partial charge in [0.05, 0.1) is 18.2 Å². The Hall–Kier alpha value is -1.75. The summed E-state index contributed by atoms with van der Waals surface area (Å²) in [6.45, 7) is 7.22. The lowest BCUT2D eigenvalue weighted by molar-refractivity contribution is -0.239. The van der Waals surface area contributed by atoms with Crippen LogP contribution in [-0.2, 0) is 28.5 Å². The lowest BCUT2D eigenvalue weighted by atomic mass is 9.91. The molecule has 0 aliphatic carbocycles. The van der Waals surface area contributed by atoms with Gasteiger partial charge in [0.15, 0.2) is 17.9 Å². The van der Waals surface area contributed by atoms with Crippen molar-refractivity contribution in [2.45, 2.75) is 82.4 Å². The van der Waals surface area contributed by atoms with E-state index in [1.807, 2.05) is 13.8 Å². The van der Waals surface area contributed by atoms with Crippen LogP contribution >= 0.6 is 11.6 Å². The predicted octanol–water partition coefficient (Wildman–Crippen LogP) is 2.55. The molecule has 168 valence electrons. The monoisotopic (exact) mass is 452 g/mol. The molecule has 6 atom stereocenters. The van der Waals surface area contributed by atoms with Crippen LogP contribution in [0.4, 0.5) is 10.5 Å². The third kappa shape index (κ3) is 3.73. The Balaban J connectivity index is 1.39. The normalized spacial score (nSPS) is 38.5. The van der Waals surface area contributed by atoms with E-state index >= 15 is 0 Å². The second kappa shape index (κ2) is 7.13. The molecule has 9 nitrogen and oxygen atoms in total. The number of carbonyl (C=O) groups is 2. The molecule has 0 spiro atoms. The Morgan fingerprint density at radius 3 is 2.13 bits per heavy atom. The van der Waals surface area contributed by atoms with Crippen molar-refractivity contribution in [3.8, 4) is 0 Å². The highest BCUT2D eigenvalue weighted by molar-refractivity contribution is 6.30. The first kappa shape index (κ1) is 21.1. The number of ether oxygens (including phenoxy) is 5. The predicted molar refractivity (Wildman–Crippen MR) is 108 cm³/mol. The number of amides is 3. The zero-order chi connectivity index (χ0) is 22.1. The largest absolute Gasteiger partial charge is 0.342 e. The fourth-order valence-corrected chi connectivity index (χ4v) is 4.81. The molecule has 4 aliphatic heterocycles. The van der Waals surface area contributed by atoms with Gasteiger partial charge in [-0.15, -0.1) is 0 Å². The van der Waals surface area contributed by atoms with Gasteiger partial charge in [0.2, 0.25) is 5.91 Å². The number of nitrogens with one attached hydrogen (secondary N) is 1. The van der Waals surface area contributed by atoms with Crippen LogP contribution < -0.4 is 10.2 Å². The minimum absolute atomic E-state index is 0.0354. The molecule has 1 aromatic carbocycles. The van der Waals surface area contributed by atoms with E-state index in [4.69, 9.17) is 35.3 Å². The van der Waals surface area contributed by atoms with Crippen molar-refractivity contribution in [1.29, 1.82) is 0 Å². The molecular weight excluding hydrogens is 428 g/mol. The summed E-state index contributed by atoms with van der Waals surface area (Å²) in [5.74, 6) is -2.05. The van der Waals surface area contributed by atoms with Gasteiger partial charge in [0, 0.05) is 5.02 Å². The lowest BCUT2D eigenvalue weighted by Gasteiger charge is -2.43. The maximum absolute atomic E-state index is 12.9. The number of urea groups is 1. The molecule has 4 fully saturated rings. The van der Waals surface area contributed by atoms with E-state index in [2.05, 4.69) is 5.32 Å². The number of benzene rings is 1. The lowest BCUT2D eigenvalue weighted by Crippen LogP contribution is -2.66. The number of carbonyl (C=O) groups excluding carboxylic acids is 2. The highest BCUT2D eigenvalue weighted by atomic mass is 35.5. The van der Waals surface area contributed by atoms with E-state index in [1.165, 1.54) is 0 Å². The van der Waals surface area contributed by atoms with E-state index in [1.54, 1.807) is 38.1 Å². The van der Waals surface area contributed by atoms with Gasteiger partial charge in [-0.05, 0) is 52.0 Å². The average molecular weight is 453 g/mol. The Morgan fingerprint density at radius 2 is 1.48 bits per heavy atom. The fourth-order valence-electron chi connectivity index (χ4n) is 4.68. The minimum atomic E-state index is -0.861. The van der Waals surface area contributed by atoms with Crippen LogP contribution in [-0.4, -0.2) is 60.3 Å². The maximum Gasteiger partial charge on any atom is 0.329 e. The summed E-state index contributed by atoms with van der Waals surface area (Å²) < 4.78 is 30.3. The van der Waals surface area contributed by atoms with Crippen LogP contribution in [0, 0.1) is 0 Å². The molecular formula is C21H25ClN2O7. The number of hydrogen-bond acceptors (Lipinski definition) is 7. The third-order valence-electron chi connectivity index (χ3n) is 5.83. The summed E-state index contributed by atoms with van der Waals surface area (Å²) in [5.41, 5.74) is 0.448. The number of anilines is 1. The standard InChI is InChI=1S/C21H25ClN2O7/c1-20(2)28-15-14(27-18-17(16(15)29-20)30-21(3,4)31-18)12-9-13(25)24(19(26)23-12)11-7-5-10(22)6-8-11/h5-8,12,14-18H,9H2,1-4H3,(H,23,26)/t12-,14-,15+,16+,17-,18-/m1/s1. The van der Waals surface area contributed by atoms with Crippen molar-refractivity contribution in [3.63, 3.8) is 0 Å². The van der Waals surface area contributed by atoms with E-state index in [9.17, 15) is 9.59 Å². The number of imide groups is 1. The van der Waals surface area contributed by atoms with Crippen LogP contribution in [0.1, 0.15) is 34.1 Å². The summed E-state index contributed by atoms with van der Waals surface area (Å²) in [6.07, 6.45) is -2.77. The summed E-state index contributed by atoms with van der Waals surface area (Å²) in [4.78, 5) is 26.9. The molecule has 1 aromatic rings. The smallest absolute Gasteiger partial charge is 0.329 e. The Morgan fingerprint density at radius 1 is 0.903 bits per heavy atom. The van der Waals surface area contributed by atoms with Crippen LogP contribution in [0.5, 0.6) is 0 Å². The summed E-state index contributed by atoms with van der Waals surface area (Å²) in [7, 11) is 0. The number of nitrogens with zero attached hydrogens (tertiary/aromatic N) is 1. The Labute approximate surface area is 184 Å². The molecule has 4 aliphatic rings. The van der Waals surface area contributed by atoms with Gasteiger partial charge < -0.3 is 29.0 Å². The first-order valence-corrected chi connectivity index (χ1v) is 10.7. The highest BCUT2D eigenvalue weighted by Crippen LogP contribution is 2.45. The zero-order valence-electron chi connectivity index (χ0n) is 17.7. The Kier molecular flexibility index (Phi) is 4.85. The van der Waals surface area contributed by atoms with E-state index in [0.29, 0.717) is 10.7 Å². The molecule has 10 heteroatoms. The van der Waals surface area contributed by atoms with Gasteiger partial charge >= 0.3 is 6.03 Å². The first-order chi connectivity index (χ1) is 14.5. The second-order valence-corrected chi connectivity index (χ2v) is 9.54. The zero-order valence-corrected chi connectivity index (χ0v) is 18.4. The van der Waals surface area contributed by atoms with Crippen LogP contribution in [0.2, 0.25) is 5.02 Å². The van der Waals surface area contributed by atoms with Crippen molar-refractivity contribution < 1.29 is 33.3 Å². The van der Waals surface area contributed by atoms with Gasteiger partial charge in [-0.25, -0.2) is 9.69 Å². The number of rotatable bonds is 2. The molecule has 0 aromatic heterocycles. The molecule has 5 rings (SSSR count). The molecule has 0 unspecified atom stereocenters. The average Bonchev–Trinajstić information content (AvgIpc) is 3.15. The first-order valence-electron chi connectivity index (χ1n) is 10.3. The van der Waals surface area contributed by atoms with E-state index in [0.717, 1.165) is 4.90 Å². The van der Waals surface area contributed by atoms with Crippen LogP contribution in [0.3, 0.4) is 0 Å². The van der Waals surface area contributed by atoms with Crippen LogP contribution in [0.15, 0.2) is 24.3 Å². The molecule has 4 saturated heterocycles. The SMILES string of the molecule is CC1(C)O[C@@H]2[C@H](O1)[C@H]1OC(C)(C)O[C@H]1O[C@@H]2[C@H]1CC(=O)N(c2ccc(Cl)cc2)C(=O)N1. The minimum Gasteiger partial charge on any atom is -0.342 e. The summed E-state index contributed by atoms with van der Waals surface area (Å²) >= 11 is 5.92. The van der Waals surface area contributed by atoms with E-state index in [-0.39, 0.29) is 12.3 Å². The van der Waals surface area contributed by atoms with Gasteiger partial charge in [-0.1, -0.05) is 11.6 Å². The van der Waals surface area contributed by atoms with Gasteiger partial charge in [-0.3, -0.25) is 4.79 Å². The molecule has 31 heavy (non-hydrogen) atoms. The third-order valence-corrected chi connectivity index (χ3v) is 6.08. The molecule has 0 saturated carbocycles. The maximum atomic E-state index is 12.9. The van der Waals surface area contributed by atoms with Gasteiger partial charge in [0.25, 0.3) is 0 Å². The molecule has 0 bridgehead atoms. The van der Waals surface area contributed by atoms with Crippen molar-refractivity contribution in [2.24, 2.45) is 0 Å². The summed E-state index contributed by atoms with van der Waals surface area (Å²) in [6, 6.07) is 5.36. The van der Waals surface area contributed by atoms with Crippen molar-refractivity contribution >= 4 is 29.2 Å². The molecule has 0 radical (unpaired) electrons. The van der Waals surface area contributed by atoms with Gasteiger partial charge in [0.1, 0.15) is 24.4 Å².